The average Bonchev–Trinajstić information content (AvgIpc) is 3.11. The van der Waals surface area contributed by atoms with Crippen molar-refractivity contribution in [2.24, 2.45) is 21.5 Å². The lowest BCUT2D eigenvalue weighted by atomic mass is 10.1. The van der Waals surface area contributed by atoms with Crippen molar-refractivity contribution in [2.75, 3.05) is 26.2 Å². The number of amidine groups is 1. The van der Waals surface area contributed by atoms with Crippen LogP contribution in [0.1, 0.15) is 163 Å². The van der Waals surface area contributed by atoms with Crippen LogP contribution in [0.5, 0.6) is 0 Å². The molecule has 0 bridgehead atoms. The van der Waals surface area contributed by atoms with Crippen molar-refractivity contribution in [1.29, 1.82) is 5.41 Å². The van der Waals surface area contributed by atoms with Gasteiger partial charge in [0.1, 0.15) is 33.6 Å². The molecule has 0 aliphatic carbocycles. The van der Waals surface area contributed by atoms with Crippen molar-refractivity contribution in [2.45, 2.75) is 197 Å². The predicted molar refractivity (Wildman–Crippen MR) is 266 cm³/mol. The van der Waals surface area contributed by atoms with Crippen LogP contribution in [-0.4, -0.2) is 124 Å². The fourth-order valence-electron chi connectivity index (χ4n) is 5.03. The highest BCUT2D eigenvalue weighted by Crippen LogP contribution is 2.19. The molecule has 0 atom stereocenters. The van der Waals surface area contributed by atoms with Gasteiger partial charge in [0.2, 0.25) is 11.9 Å². The number of nitrogens with two attached hydrogens (primary N) is 2. The fourth-order valence-corrected chi connectivity index (χ4v) is 5.03. The quantitative estimate of drug-likeness (QED) is 0.0223. The second-order valence-electron chi connectivity index (χ2n) is 21.8. The summed E-state index contributed by atoms with van der Waals surface area (Å²) in [5.41, 5.74) is 6.38. The van der Waals surface area contributed by atoms with Crippen LogP contribution in [0.4, 0.5) is 28.8 Å². The molecule has 0 rings (SSSR count). The van der Waals surface area contributed by atoms with Crippen LogP contribution in [0.15, 0.2) is 33.7 Å². The molecule has 0 saturated heterocycles. The number of unbranched alkanes of at least 4 members (excludes halogenated alkanes) is 4. The number of nitrogens with zero attached hydrogens (tertiary/aromatic N) is 4. The Kier molecular flexibility index (Phi) is 25.3. The monoisotopic (exact) mass is 997 g/mol. The van der Waals surface area contributed by atoms with Crippen molar-refractivity contribution in [3.63, 3.8) is 0 Å². The van der Waals surface area contributed by atoms with Crippen LogP contribution in [-0.2, 0) is 33.2 Å². The summed E-state index contributed by atoms with van der Waals surface area (Å²) in [6.07, 6.45) is -0.114. The van der Waals surface area contributed by atoms with Gasteiger partial charge in [-0.25, -0.2) is 38.6 Å². The summed E-state index contributed by atoms with van der Waals surface area (Å²) >= 11 is 0. The summed E-state index contributed by atoms with van der Waals surface area (Å²) in [4.78, 5) is 88.7. The number of carbonyl (C=O) groups is 6. The molecule has 400 valence electrons. The zero-order valence-corrected chi connectivity index (χ0v) is 45.0. The molecule has 23 nitrogen and oxygen atoms in total. The number of hydrogen-bond acceptors (Lipinski definition) is 16. The lowest BCUT2D eigenvalue weighted by Crippen LogP contribution is -2.53. The van der Waals surface area contributed by atoms with Crippen molar-refractivity contribution in [3.8, 4) is 0 Å². The van der Waals surface area contributed by atoms with E-state index in [1.165, 1.54) is 12.2 Å². The highest BCUT2D eigenvalue weighted by molar-refractivity contribution is 6.05. The molecule has 0 aromatic rings. The molecular weight excluding hydrogens is 913 g/mol. The first-order valence-corrected chi connectivity index (χ1v) is 23.2. The molecule has 0 radical (unpaired) electrons. The van der Waals surface area contributed by atoms with Crippen molar-refractivity contribution >= 4 is 54.3 Å². The first kappa shape index (κ1) is 63.7. The van der Waals surface area contributed by atoms with E-state index in [1.54, 1.807) is 125 Å². The maximum atomic E-state index is 14.1. The van der Waals surface area contributed by atoms with Crippen LogP contribution in [0.25, 0.3) is 0 Å². The zero-order chi connectivity index (χ0) is 54.5. The second-order valence-corrected chi connectivity index (χ2v) is 21.8. The van der Waals surface area contributed by atoms with Gasteiger partial charge in [0.15, 0.2) is 11.7 Å². The Morgan fingerprint density at radius 3 is 1.37 bits per heavy atom. The van der Waals surface area contributed by atoms with Gasteiger partial charge in [-0.05, 0) is 156 Å². The lowest BCUT2D eigenvalue weighted by Gasteiger charge is -2.34. The van der Waals surface area contributed by atoms with E-state index in [0.29, 0.717) is 38.6 Å². The Labute approximate surface area is 414 Å². The molecule has 0 aromatic carbocycles. The third kappa shape index (κ3) is 33.2. The van der Waals surface area contributed by atoms with Crippen LogP contribution >= 0.6 is 0 Å². The summed E-state index contributed by atoms with van der Waals surface area (Å²) in [6, 6.07) is 0. The third-order valence-corrected chi connectivity index (χ3v) is 7.50. The smallest absolute Gasteiger partial charge is 0.437 e. The van der Waals surface area contributed by atoms with Gasteiger partial charge in [-0.2, -0.15) is 0 Å². The minimum atomic E-state index is -1.09. The molecule has 0 fully saturated rings. The number of alkyl carbamates (subject to hydrolysis) is 2. The number of nitrogens with one attached hydrogen (secondary N) is 4. The molecule has 8 N–H and O–H groups in total. The van der Waals surface area contributed by atoms with Gasteiger partial charge in [-0.3, -0.25) is 16.0 Å². The summed E-state index contributed by atoms with van der Waals surface area (Å²) in [5.74, 6) is -1.11. The van der Waals surface area contributed by atoms with Gasteiger partial charge in [-0.1, -0.05) is 19.3 Å². The number of amides is 6. The number of carbonyl (C=O) groups excluding carboxylic acids is 6. The van der Waals surface area contributed by atoms with Crippen LogP contribution < -0.4 is 27.4 Å². The minimum absolute atomic E-state index is 0.0572. The largest absolute Gasteiger partial charge is 0.479 e. The molecule has 6 amide bonds. The van der Waals surface area contributed by atoms with E-state index in [-0.39, 0.29) is 43.7 Å². The second kappa shape index (κ2) is 27.8. The highest BCUT2D eigenvalue weighted by Gasteiger charge is 2.35. The third-order valence-electron chi connectivity index (χ3n) is 7.50. The zero-order valence-electron chi connectivity index (χ0n) is 45.0. The number of rotatable bonds is 15. The van der Waals surface area contributed by atoms with Crippen LogP contribution in [0, 0.1) is 5.41 Å². The molecule has 0 unspecified atom stereocenters. The molecule has 0 saturated carbocycles. The highest BCUT2D eigenvalue weighted by atomic mass is 16.6. The Morgan fingerprint density at radius 2 is 0.914 bits per heavy atom. The molecule has 0 spiro atoms. The van der Waals surface area contributed by atoms with Gasteiger partial charge in [0, 0.05) is 19.6 Å². The lowest BCUT2D eigenvalue weighted by molar-refractivity contribution is 0.0265. The predicted octanol–water partition coefficient (Wildman–Crippen LogP) is 8.66. The van der Waals surface area contributed by atoms with E-state index < -0.39 is 82.0 Å². The standard InChI is InChI=1S/C47H84N10O13/c1-42(2,3)65-36(58)52-33(50)31(48)25-26-32(49)64-30-24-29-57(41(63)70-47(16,17)18)35(55-39(61)68-45(10,11)12)56(40(62)69-46(13,14)15)28-23-21-19-20-22-27-51-34(53-37(59)66-43(4,5)6)54-38(60)67-44(7,8)9/h25-26H,19-24,27-30,48-49H2,1-18H3,(H2,50,52,58)(H2,51,53,54,59,60)/b31-25-,32-26+,55-35?. The topological polar surface area (TPSA) is 310 Å². The Balaban J connectivity index is 6.49. The van der Waals surface area contributed by atoms with E-state index in [0.717, 1.165) is 9.80 Å². The van der Waals surface area contributed by atoms with Gasteiger partial charge >= 0.3 is 36.6 Å². The molecule has 0 aromatic heterocycles. The van der Waals surface area contributed by atoms with Crippen LogP contribution in [0.2, 0.25) is 0 Å². The van der Waals surface area contributed by atoms with Gasteiger partial charge < -0.3 is 49.9 Å². The number of aliphatic imine (C=N–C) groups is 2. The van der Waals surface area contributed by atoms with Gasteiger partial charge in [-0.15, -0.1) is 9.98 Å². The van der Waals surface area contributed by atoms with Crippen molar-refractivity contribution in [1.82, 2.24) is 25.8 Å². The Hall–Kier alpha value is -6.29. The molecule has 0 aliphatic rings. The molecule has 70 heavy (non-hydrogen) atoms. The molecule has 23 heteroatoms. The summed E-state index contributed by atoms with van der Waals surface area (Å²) in [7, 11) is 0. The maximum Gasteiger partial charge on any atom is 0.437 e. The van der Waals surface area contributed by atoms with Crippen LogP contribution in [0.3, 0.4) is 0 Å². The summed E-state index contributed by atoms with van der Waals surface area (Å²) < 4.78 is 38.4. The molecule has 0 aliphatic heterocycles. The van der Waals surface area contributed by atoms with E-state index in [4.69, 9.17) is 50.0 Å². The molecule has 0 heterocycles. The summed E-state index contributed by atoms with van der Waals surface area (Å²) in [6.45, 7) is 30.0. The van der Waals surface area contributed by atoms with Gasteiger partial charge in [0.25, 0.3) is 0 Å². The number of hydrogen-bond donors (Lipinski definition) is 6. The normalized spacial score (nSPS) is 13.3. The number of allylic oxidation sites excluding steroid dienone is 2. The minimum Gasteiger partial charge on any atom is -0.479 e. The van der Waals surface area contributed by atoms with Crippen molar-refractivity contribution in [3.05, 3.63) is 23.7 Å². The van der Waals surface area contributed by atoms with E-state index in [9.17, 15) is 28.8 Å². The summed E-state index contributed by atoms with van der Waals surface area (Å²) in [5, 5.41) is 15.7. The number of ether oxygens (including phenoxy) is 7. The SMILES string of the molecule is CC(C)(C)OC(=O)N=C(NCCCCCCCN(C(=O)OC(C)(C)C)C(=NC(=O)OC(C)(C)C)N(CCCO/C(N)=C/C=C(\N)C(=N)NC(=O)OC(C)(C)C)C(=O)OC(C)(C)C)NC(=O)OC(C)(C)C. The maximum absolute atomic E-state index is 14.1. The fraction of sp³-hybridized carbons (Fsp3) is 0.723. The first-order valence-electron chi connectivity index (χ1n) is 23.2. The van der Waals surface area contributed by atoms with E-state index in [2.05, 4.69) is 25.9 Å². The Morgan fingerprint density at radius 1 is 0.514 bits per heavy atom. The first-order chi connectivity index (χ1) is 31.6. The van der Waals surface area contributed by atoms with Gasteiger partial charge in [0.05, 0.1) is 12.3 Å². The van der Waals surface area contributed by atoms with E-state index in [1.807, 2.05) is 0 Å². The average molecular weight is 997 g/mol. The molecular formula is C47H84N10O13. The van der Waals surface area contributed by atoms with Crippen molar-refractivity contribution < 1.29 is 61.9 Å². The number of guanidine groups is 2. The Bertz CT molecular complexity index is 1910. The van der Waals surface area contributed by atoms with E-state index >= 15 is 0 Å².